The van der Waals surface area contributed by atoms with Gasteiger partial charge in [-0.05, 0) is 38.3 Å². The molecule has 2 aromatic rings. The minimum Gasteiger partial charge on any atom is -0.295 e. The van der Waals surface area contributed by atoms with E-state index in [0.29, 0.717) is 10.7 Å². The highest BCUT2D eigenvalue weighted by Gasteiger charge is 2.21. The summed E-state index contributed by atoms with van der Waals surface area (Å²) in [4.78, 5) is 16.8. The molecular weight excluding hydrogens is 308 g/mol. The van der Waals surface area contributed by atoms with Crippen LogP contribution in [-0.2, 0) is 22.9 Å². The van der Waals surface area contributed by atoms with E-state index in [4.69, 9.17) is 0 Å². The molecular formula is C14H14N2O3S2. The van der Waals surface area contributed by atoms with Gasteiger partial charge in [0.1, 0.15) is 0 Å². The van der Waals surface area contributed by atoms with Crippen LogP contribution in [0.3, 0.4) is 0 Å². The van der Waals surface area contributed by atoms with Gasteiger partial charge in [0.2, 0.25) is 0 Å². The largest absolute Gasteiger partial charge is 0.295 e. The number of carbonyl (C=O) groups excluding carboxylic acids is 1. The van der Waals surface area contributed by atoms with Gasteiger partial charge in [0.25, 0.3) is 10.0 Å². The molecule has 0 spiro atoms. The summed E-state index contributed by atoms with van der Waals surface area (Å²) >= 11 is 1.40. The summed E-state index contributed by atoms with van der Waals surface area (Å²) in [6.45, 7) is 1.44. The van der Waals surface area contributed by atoms with Crippen LogP contribution in [-0.4, -0.2) is 19.2 Å². The van der Waals surface area contributed by atoms with Crippen molar-refractivity contribution in [3.63, 3.8) is 0 Å². The van der Waals surface area contributed by atoms with Gasteiger partial charge < -0.3 is 0 Å². The Labute approximate surface area is 127 Å². The van der Waals surface area contributed by atoms with Crippen molar-refractivity contribution in [1.82, 2.24) is 4.98 Å². The van der Waals surface area contributed by atoms with E-state index in [1.165, 1.54) is 47.4 Å². The molecule has 1 aromatic carbocycles. The van der Waals surface area contributed by atoms with Crippen LogP contribution in [0.4, 0.5) is 5.13 Å². The lowest BCUT2D eigenvalue weighted by Crippen LogP contribution is -2.13. The molecule has 0 aliphatic heterocycles. The third-order valence-corrected chi connectivity index (χ3v) is 5.95. The number of nitrogens with one attached hydrogen (secondary N) is 1. The first-order chi connectivity index (χ1) is 9.95. The zero-order chi connectivity index (χ0) is 15.0. The number of Topliss-reactive ketones (excluding diaryl/α,β-unsaturated/α-hetero) is 1. The van der Waals surface area contributed by atoms with Crippen LogP contribution in [0.2, 0.25) is 0 Å². The first-order valence-electron chi connectivity index (χ1n) is 6.58. The fourth-order valence-corrected chi connectivity index (χ4v) is 4.56. The van der Waals surface area contributed by atoms with E-state index in [1.807, 2.05) is 0 Å². The van der Waals surface area contributed by atoms with Gasteiger partial charge in [-0.3, -0.25) is 9.52 Å². The van der Waals surface area contributed by atoms with Crippen LogP contribution >= 0.6 is 11.3 Å². The molecule has 1 heterocycles. The van der Waals surface area contributed by atoms with Gasteiger partial charge in [-0.1, -0.05) is 12.1 Å². The minimum atomic E-state index is -3.66. The Morgan fingerprint density at radius 2 is 1.95 bits per heavy atom. The minimum absolute atomic E-state index is 0.0942. The van der Waals surface area contributed by atoms with Crippen LogP contribution in [0, 0.1) is 0 Å². The second-order valence-electron chi connectivity index (χ2n) is 4.93. The Kier molecular flexibility index (Phi) is 3.54. The average molecular weight is 322 g/mol. The van der Waals surface area contributed by atoms with Gasteiger partial charge in [-0.25, -0.2) is 13.4 Å². The zero-order valence-corrected chi connectivity index (χ0v) is 13.1. The molecule has 0 radical (unpaired) electrons. The van der Waals surface area contributed by atoms with Crippen molar-refractivity contribution in [3.8, 4) is 0 Å². The molecule has 0 amide bonds. The SMILES string of the molecule is CC(=O)c1ccc(S(=O)(=O)Nc2nc3c(s2)CCC3)cc1. The number of thiazole rings is 1. The maximum atomic E-state index is 12.3. The number of nitrogens with zero attached hydrogens (tertiary/aromatic N) is 1. The van der Waals surface area contributed by atoms with Gasteiger partial charge in [-0.15, -0.1) is 11.3 Å². The summed E-state index contributed by atoms with van der Waals surface area (Å²) in [6, 6.07) is 5.89. The Bertz CT molecular complexity index is 771. The summed E-state index contributed by atoms with van der Waals surface area (Å²) in [5, 5.41) is 0.412. The molecule has 0 atom stereocenters. The Balaban J connectivity index is 1.84. The van der Waals surface area contributed by atoms with Crippen LogP contribution in [0.5, 0.6) is 0 Å². The number of rotatable bonds is 4. The fourth-order valence-electron chi connectivity index (χ4n) is 2.28. The normalized spacial score (nSPS) is 14.0. The van der Waals surface area contributed by atoms with Crippen LogP contribution < -0.4 is 4.72 Å². The van der Waals surface area contributed by atoms with Crippen molar-refractivity contribution in [2.45, 2.75) is 31.1 Å². The van der Waals surface area contributed by atoms with Crippen molar-refractivity contribution >= 4 is 32.3 Å². The van der Waals surface area contributed by atoms with Crippen LogP contribution in [0.25, 0.3) is 0 Å². The highest BCUT2D eigenvalue weighted by Crippen LogP contribution is 2.31. The number of benzene rings is 1. The lowest BCUT2D eigenvalue weighted by atomic mass is 10.2. The molecule has 0 bridgehead atoms. The van der Waals surface area contributed by atoms with Gasteiger partial charge in [0, 0.05) is 10.4 Å². The second-order valence-corrected chi connectivity index (χ2v) is 7.69. The summed E-state index contributed by atoms with van der Waals surface area (Å²) in [5.74, 6) is -0.0942. The molecule has 5 nitrogen and oxygen atoms in total. The molecule has 1 aromatic heterocycles. The number of hydrogen-bond acceptors (Lipinski definition) is 5. The number of fused-ring (bicyclic) bond motifs is 1. The highest BCUT2D eigenvalue weighted by molar-refractivity contribution is 7.93. The summed E-state index contributed by atoms with van der Waals surface area (Å²) < 4.78 is 27.1. The molecule has 1 N–H and O–H groups in total. The van der Waals surface area contributed by atoms with E-state index in [-0.39, 0.29) is 10.7 Å². The van der Waals surface area contributed by atoms with Crippen LogP contribution in [0.15, 0.2) is 29.2 Å². The van der Waals surface area contributed by atoms with E-state index in [2.05, 4.69) is 9.71 Å². The van der Waals surface area contributed by atoms with Gasteiger partial charge in [0.05, 0.1) is 10.6 Å². The fraction of sp³-hybridized carbons (Fsp3) is 0.286. The van der Waals surface area contributed by atoms with E-state index in [9.17, 15) is 13.2 Å². The molecule has 1 aliphatic carbocycles. The zero-order valence-electron chi connectivity index (χ0n) is 11.4. The lowest BCUT2D eigenvalue weighted by Gasteiger charge is -2.05. The average Bonchev–Trinajstić information content (AvgIpc) is 2.99. The first kappa shape index (κ1) is 14.2. The molecule has 0 saturated carbocycles. The van der Waals surface area contributed by atoms with E-state index < -0.39 is 10.0 Å². The second kappa shape index (κ2) is 5.23. The quantitative estimate of drug-likeness (QED) is 0.878. The van der Waals surface area contributed by atoms with Crippen molar-refractivity contribution in [2.75, 3.05) is 4.72 Å². The maximum Gasteiger partial charge on any atom is 0.263 e. The van der Waals surface area contributed by atoms with E-state index in [1.54, 1.807) is 0 Å². The maximum absolute atomic E-state index is 12.3. The summed E-state index contributed by atoms with van der Waals surface area (Å²) in [6.07, 6.45) is 2.98. The third-order valence-electron chi connectivity index (χ3n) is 3.39. The molecule has 21 heavy (non-hydrogen) atoms. The van der Waals surface area contributed by atoms with Crippen molar-refractivity contribution in [3.05, 3.63) is 40.4 Å². The number of aryl methyl sites for hydroxylation is 2. The summed E-state index contributed by atoms with van der Waals surface area (Å²) in [7, 11) is -3.66. The Morgan fingerprint density at radius 1 is 1.24 bits per heavy atom. The molecule has 7 heteroatoms. The molecule has 1 aliphatic rings. The van der Waals surface area contributed by atoms with E-state index >= 15 is 0 Å². The van der Waals surface area contributed by atoms with Crippen LogP contribution in [0.1, 0.15) is 34.3 Å². The molecule has 0 unspecified atom stereocenters. The topological polar surface area (TPSA) is 76.1 Å². The lowest BCUT2D eigenvalue weighted by molar-refractivity contribution is 0.101. The Hall–Kier alpha value is -1.73. The standard InChI is InChI=1S/C14H14N2O3S2/c1-9(17)10-5-7-11(8-6-10)21(18,19)16-14-15-12-3-2-4-13(12)20-14/h5-8H,2-4H2,1H3,(H,15,16). The van der Waals surface area contributed by atoms with Gasteiger partial charge in [-0.2, -0.15) is 0 Å². The molecule has 0 saturated heterocycles. The number of ketones is 1. The predicted molar refractivity (Wildman–Crippen MR) is 81.4 cm³/mol. The first-order valence-corrected chi connectivity index (χ1v) is 8.88. The number of carbonyl (C=O) groups is 1. The van der Waals surface area contributed by atoms with Gasteiger partial charge in [0.15, 0.2) is 10.9 Å². The number of aromatic nitrogens is 1. The number of hydrogen-bond donors (Lipinski definition) is 1. The third kappa shape index (κ3) is 2.84. The smallest absolute Gasteiger partial charge is 0.263 e. The monoisotopic (exact) mass is 322 g/mol. The molecule has 3 rings (SSSR count). The molecule has 0 fully saturated rings. The summed E-state index contributed by atoms with van der Waals surface area (Å²) in [5.41, 5.74) is 1.49. The van der Waals surface area contributed by atoms with Gasteiger partial charge >= 0.3 is 0 Å². The van der Waals surface area contributed by atoms with Crippen molar-refractivity contribution in [1.29, 1.82) is 0 Å². The number of anilines is 1. The predicted octanol–water partition coefficient (Wildman–Crippen LogP) is 2.64. The van der Waals surface area contributed by atoms with E-state index in [0.717, 1.165) is 25.0 Å². The van der Waals surface area contributed by atoms with Crippen molar-refractivity contribution < 1.29 is 13.2 Å². The molecule has 110 valence electrons. The number of sulfonamides is 1. The van der Waals surface area contributed by atoms with Crippen molar-refractivity contribution in [2.24, 2.45) is 0 Å². The Morgan fingerprint density at radius 3 is 2.57 bits per heavy atom. The highest BCUT2D eigenvalue weighted by atomic mass is 32.2.